The van der Waals surface area contributed by atoms with Crippen LogP contribution in [0, 0.1) is 0 Å². The molecule has 0 aromatic heterocycles. The molecule has 1 fully saturated rings. The lowest BCUT2D eigenvalue weighted by Crippen LogP contribution is -2.54. The lowest BCUT2D eigenvalue weighted by Gasteiger charge is -2.38. The molecule has 1 aromatic rings. The average molecular weight is 218 g/mol. The van der Waals surface area contributed by atoms with E-state index in [1.54, 1.807) is 0 Å². The summed E-state index contributed by atoms with van der Waals surface area (Å²) in [5.41, 5.74) is 1.83. The van der Waals surface area contributed by atoms with Gasteiger partial charge in [0, 0.05) is 36.4 Å². The fraction of sp³-hybridized carbons (Fsp3) is 0.462. The second-order valence-electron chi connectivity index (χ2n) is 4.55. The Kier molecular flexibility index (Phi) is 3.25. The van der Waals surface area contributed by atoms with Gasteiger partial charge in [-0.2, -0.15) is 0 Å². The molecule has 3 nitrogen and oxygen atoms in total. The second-order valence-corrected chi connectivity index (χ2v) is 4.55. The number of carbonyl (C=O) groups excluding carboxylic acids is 1. The molecule has 0 bridgehead atoms. The van der Waals surface area contributed by atoms with Crippen LogP contribution in [0.15, 0.2) is 24.3 Å². The first-order valence-corrected chi connectivity index (χ1v) is 5.76. The Hall–Kier alpha value is -1.35. The maximum absolute atomic E-state index is 11.0. The lowest BCUT2D eigenvalue weighted by molar-refractivity contribution is 0.112. The van der Waals surface area contributed by atoms with Crippen molar-refractivity contribution in [2.24, 2.45) is 0 Å². The molecule has 0 unspecified atom stereocenters. The Morgan fingerprint density at radius 3 is 2.50 bits per heavy atom. The van der Waals surface area contributed by atoms with E-state index >= 15 is 0 Å². The summed E-state index contributed by atoms with van der Waals surface area (Å²) in [6.07, 6.45) is 0.937. The number of rotatable bonds is 2. The van der Waals surface area contributed by atoms with Gasteiger partial charge in [0.2, 0.25) is 0 Å². The summed E-state index contributed by atoms with van der Waals surface area (Å²) < 4.78 is 0. The van der Waals surface area contributed by atoms with E-state index in [9.17, 15) is 4.79 Å². The van der Waals surface area contributed by atoms with Gasteiger partial charge in [-0.15, -0.1) is 0 Å². The smallest absolute Gasteiger partial charge is 0.152 e. The molecule has 2 atom stereocenters. The predicted octanol–water partition coefficient (Wildman–Crippen LogP) is 1.69. The Balaban J connectivity index is 2.25. The van der Waals surface area contributed by atoms with Crippen molar-refractivity contribution in [1.29, 1.82) is 0 Å². The van der Waals surface area contributed by atoms with Crippen molar-refractivity contribution in [3.63, 3.8) is 0 Å². The van der Waals surface area contributed by atoms with Gasteiger partial charge in [-0.3, -0.25) is 4.79 Å². The molecule has 0 spiro atoms. The molecule has 0 saturated carbocycles. The van der Waals surface area contributed by atoms with E-state index in [-0.39, 0.29) is 0 Å². The molecule has 86 valence electrons. The number of piperazine rings is 1. The number of hydrogen-bond donors (Lipinski definition) is 1. The number of aldehydes is 1. The van der Waals surface area contributed by atoms with E-state index in [2.05, 4.69) is 24.1 Å². The molecule has 0 amide bonds. The first-order valence-electron chi connectivity index (χ1n) is 5.76. The van der Waals surface area contributed by atoms with E-state index < -0.39 is 0 Å². The molecule has 1 aliphatic rings. The number of para-hydroxylation sites is 1. The third-order valence-electron chi connectivity index (χ3n) is 2.96. The predicted molar refractivity (Wildman–Crippen MR) is 66.1 cm³/mol. The van der Waals surface area contributed by atoms with Crippen molar-refractivity contribution in [2.75, 3.05) is 18.0 Å². The SMILES string of the molecule is C[C@H]1CN(c2ccccc2C=O)C[C@H](C)N1. The Bertz CT molecular complexity index is 368. The molecule has 1 N–H and O–H groups in total. The van der Waals surface area contributed by atoms with Crippen LogP contribution in [0.2, 0.25) is 0 Å². The minimum absolute atomic E-state index is 0.462. The molecular formula is C13H18N2O. The van der Waals surface area contributed by atoms with Crippen LogP contribution < -0.4 is 10.2 Å². The molecule has 0 aliphatic carbocycles. The van der Waals surface area contributed by atoms with Crippen molar-refractivity contribution in [1.82, 2.24) is 5.32 Å². The van der Waals surface area contributed by atoms with E-state index in [1.807, 2.05) is 24.3 Å². The summed E-state index contributed by atoms with van der Waals surface area (Å²) in [6.45, 7) is 6.25. The Morgan fingerprint density at radius 1 is 1.25 bits per heavy atom. The summed E-state index contributed by atoms with van der Waals surface area (Å²) in [6, 6.07) is 8.71. The van der Waals surface area contributed by atoms with Gasteiger partial charge in [-0.05, 0) is 26.0 Å². The Morgan fingerprint density at radius 2 is 1.88 bits per heavy atom. The first kappa shape index (κ1) is 11.1. The van der Waals surface area contributed by atoms with Crippen LogP contribution in [0.3, 0.4) is 0 Å². The fourth-order valence-corrected chi connectivity index (χ4v) is 2.40. The van der Waals surface area contributed by atoms with Crippen LogP contribution in [0.25, 0.3) is 0 Å². The van der Waals surface area contributed by atoms with Gasteiger partial charge in [0.25, 0.3) is 0 Å². The van der Waals surface area contributed by atoms with Crippen LogP contribution in [0.1, 0.15) is 24.2 Å². The van der Waals surface area contributed by atoms with Crippen molar-refractivity contribution >= 4 is 12.0 Å². The van der Waals surface area contributed by atoms with Crippen LogP contribution >= 0.6 is 0 Å². The van der Waals surface area contributed by atoms with Gasteiger partial charge < -0.3 is 10.2 Å². The zero-order valence-corrected chi connectivity index (χ0v) is 9.81. The van der Waals surface area contributed by atoms with E-state index in [4.69, 9.17) is 0 Å². The second kappa shape index (κ2) is 4.66. The highest BCUT2D eigenvalue weighted by molar-refractivity contribution is 5.84. The number of hydrogen-bond acceptors (Lipinski definition) is 3. The number of nitrogens with one attached hydrogen (secondary N) is 1. The molecule has 0 radical (unpaired) electrons. The van der Waals surface area contributed by atoms with Gasteiger partial charge in [0.05, 0.1) is 0 Å². The summed E-state index contributed by atoms with van der Waals surface area (Å²) in [5, 5.41) is 3.49. The van der Waals surface area contributed by atoms with Crippen LogP contribution in [-0.4, -0.2) is 31.5 Å². The third-order valence-corrected chi connectivity index (χ3v) is 2.96. The molecule has 1 aliphatic heterocycles. The fourth-order valence-electron chi connectivity index (χ4n) is 2.40. The number of anilines is 1. The highest BCUT2D eigenvalue weighted by Crippen LogP contribution is 2.21. The normalized spacial score (nSPS) is 25.5. The summed E-state index contributed by atoms with van der Waals surface area (Å²) in [4.78, 5) is 13.3. The molecule has 2 rings (SSSR count). The van der Waals surface area contributed by atoms with Gasteiger partial charge in [-0.1, -0.05) is 12.1 Å². The minimum atomic E-state index is 0.462. The lowest BCUT2D eigenvalue weighted by atomic mass is 10.1. The van der Waals surface area contributed by atoms with Crippen molar-refractivity contribution < 1.29 is 4.79 Å². The standard InChI is InChI=1S/C13H18N2O/c1-10-7-15(8-11(2)14-10)13-6-4-3-5-12(13)9-16/h3-6,9-11,14H,7-8H2,1-2H3/t10-,11-/m0/s1. The first-order chi connectivity index (χ1) is 7.70. The van der Waals surface area contributed by atoms with E-state index in [0.29, 0.717) is 12.1 Å². The van der Waals surface area contributed by atoms with Crippen LogP contribution in [0.4, 0.5) is 5.69 Å². The highest BCUT2D eigenvalue weighted by Gasteiger charge is 2.22. The molecule has 1 heterocycles. The van der Waals surface area contributed by atoms with Crippen LogP contribution in [-0.2, 0) is 0 Å². The number of carbonyl (C=O) groups is 1. The van der Waals surface area contributed by atoms with E-state index in [0.717, 1.165) is 30.6 Å². The maximum Gasteiger partial charge on any atom is 0.152 e. The van der Waals surface area contributed by atoms with Crippen molar-refractivity contribution in [2.45, 2.75) is 25.9 Å². The summed E-state index contributed by atoms with van der Waals surface area (Å²) in [5.74, 6) is 0. The number of nitrogens with zero attached hydrogens (tertiary/aromatic N) is 1. The van der Waals surface area contributed by atoms with Crippen molar-refractivity contribution in [3.05, 3.63) is 29.8 Å². The summed E-state index contributed by atoms with van der Waals surface area (Å²) >= 11 is 0. The van der Waals surface area contributed by atoms with Gasteiger partial charge in [-0.25, -0.2) is 0 Å². The Labute approximate surface area is 96.5 Å². The van der Waals surface area contributed by atoms with Gasteiger partial charge in [0.15, 0.2) is 6.29 Å². The maximum atomic E-state index is 11.0. The van der Waals surface area contributed by atoms with E-state index in [1.165, 1.54) is 0 Å². The number of benzene rings is 1. The average Bonchev–Trinajstić information content (AvgIpc) is 2.27. The van der Waals surface area contributed by atoms with Gasteiger partial charge in [0.1, 0.15) is 0 Å². The topological polar surface area (TPSA) is 32.3 Å². The van der Waals surface area contributed by atoms with Gasteiger partial charge >= 0.3 is 0 Å². The largest absolute Gasteiger partial charge is 0.368 e. The molecule has 3 heteroatoms. The minimum Gasteiger partial charge on any atom is -0.368 e. The third kappa shape index (κ3) is 2.25. The molecular weight excluding hydrogens is 200 g/mol. The summed E-state index contributed by atoms with van der Waals surface area (Å²) in [7, 11) is 0. The molecule has 1 saturated heterocycles. The monoisotopic (exact) mass is 218 g/mol. The molecule has 16 heavy (non-hydrogen) atoms. The zero-order valence-electron chi connectivity index (χ0n) is 9.81. The highest BCUT2D eigenvalue weighted by atomic mass is 16.1. The molecule has 1 aromatic carbocycles. The quantitative estimate of drug-likeness (QED) is 0.767. The van der Waals surface area contributed by atoms with Crippen LogP contribution in [0.5, 0.6) is 0 Å². The zero-order chi connectivity index (χ0) is 11.5. The van der Waals surface area contributed by atoms with Crippen molar-refractivity contribution in [3.8, 4) is 0 Å².